The third-order valence-electron chi connectivity index (χ3n) is 2.53. The topological polar surface area (TPSA) is 76.1 Å². The lowest BCUT2D eigenvalue weighted by atomic mass is 9.97. The Hall–Kier alpha value is -1.86. The van der Waals surface area contributed by atoms with E-state index in [9.17, 15) is 4.79 Å². The highest BCUT2D eigenvalue weighted by Crippen LogP contribution is 2.17. The fourth-order valence-corrected chi connectivity index (χ4v) is 1.66. The first-order valence-electron chi connectivity index (χ1n) is 5.50. The van der Waals surface area contributed by atoms with Crippen molar-refractivity contribution in [2.75, 3.05) is 6.61 Å². The highest BCUT2D eigenvalue weighted by molar-refractivity contribution is 5.73. The molecule has 4 nitrogen and oxygen atoms in total. The summed E-state index contributed by atoms with van der Waals surface area (Å²) in [5.41, 5.74) is 8.71. The van der Waals surface area contributed by atoms with E-state index in [-0.39, 0.29) is 12.4 Å². The van der Waals surface area contributed by atoms with Crippen LogP contribution in [0.4, 0.5) is 0 Å². The molecule has 0 bridgehead atoms. The highest BCUT2D eigenvalue weighted by Gasteiger charge is 2.10. The second-order valence-electron chi connectivity index (χ2n) is 3.73. The van der Waals surface area contributed by atoms with Crippen LogP contribution in [0.3, 0.4) is 0 Å². The van der Waals surface area contributed by atoms with E-state index in [1.54, 1.807) is 13.0 Å². The molecule has 0 aromatic heterocycles. The van der Waals surface area contributed by atoms with Crippen molar-refractivity contribution in [1.82, 2.24) is 0 Å². The number of esters is 1. The number of hydrogen-bond acceptors (Lipinski definition) is 4. The normalized spacial score (nSPS) is 9.76. The molecule has 0 unspecified atom stereocenters. The Morgan fingerprint density at radius 1 is 1.47 bits per heavy atom. The molecule has 1 rings (SSSR count). The monoisotopic (exact) mass is 232 g/mol. The number of ether oxygens (including phenoxy) is 1. The largest absolute Gasteiger partial charge is 0.466 e. The molecular weight excluding hydrogens is 216 g/mol. The molecule has 0 heterocycles. The lowest BCUT2D eigenvalue weighted by molar-refractivity contribution is -0.142. The first kappa shape index (κ1) is 13.2. The summed E-state index contributed by atoms with van der Waals surface area (Å²) in [7, 11) is 0. The van der Waals surface area contributed by atoms with Crippen LogP contribution in [0, 0.1) is 18.3 Å². The molecule has 0 aliphatic carbocycles. The minimum atomic E-state index is -0.272. The Morgan fingerprint density at radius 3 is 2.71 bits per heavy atom. The van der Waals surface area contributed by atoms with Crippen molar-refractivity contribution < 1.29 is 9.53 Å². The van der Waals surface area contributed by atoms with Crippen molar-refractivity contribution in [3.63, 3.8) is 0 Å². The van der Waals surface area contributed by atoms with Gasteiger partial charge in [-0.1, -0.05) is 6.07 Å². The summed E-state index contributed by atoms with van der Waals surface area (Å²) in [5.74, 6) is -0.272. The number of rotatable bonds is 4. The predicted molar refractivity (Wildman–Crippen MR) is 64.1 cm³/mol. The fourth-order valence-electron chi connectivity index (χ4n) is 1.66. The lowest BCUT2D eigenvalue weighted by Crippen LogP contribution is -2.11. The van der Waals surface area contributed by atoms with Crippen LogP contribution in [0.25, 0.3) is 0 Å². The molecule has 0 radical (unpaired) electrons. The van der Waals surface area contributed by atoms with Gasteiger partial charge in [0.1, 0.15) is 0 Å². The molecule has 0 aliphatic rings. The molecule has 2 N–H and O–H groups in total. The van der Waals surface area contributed by atoms with E-state index in [2.05, 4.69) is 6.07 Å². The number of nitrogens with two attached hydrogens (primary N) is 1. The van der Waals surface area contributed by atoms with Crippen LogP contribution in [0.1, 0.15) is 29.2 Å². The van der Waals surface area contributed by atoms with Gasteiger partial charge in [0, 0.05) is 6.54 Å². The van der Waals surface area contributed by atoms with E-state index in [4.69, 9.17) is 15.7 Å². The van der Waals surface area contributed by atoms with Crippen molar-refractivity contribution in [3.05, 3.63) is 34.4 Å². The maximum atomic E-state index is 11.4. The maximum Gasteiger partial charge on any atom is 0.310 e. The van der Waals surface area contributed by atoms with E-state index in [0.29, 0.717) is 18.7 Å². The Labute approximate surface area is 101 Å². The van der Waals surface area contributed by atoms with Crippen LogP contribution < -0.4 is 5.73 Å². The number of nitriles is 1. The van der Waals surface area contributed by atoms with Gasteiger partial charge in [0.25, 0.3) is 0 Å². The lowest BCUT2D eigenvalue weighted by Gasteiger charge is -2.10. The van der Waals surface area contributed by atoms with Gasteiger partial charge in [-0.3, -0.25) is 4.79 Å². The summed E-state index contributed by atoms with van der Waals surface area (Å²) < 4.78 is 4.90. The van der Waals surface area contributed by atoms with Gasteiger partial charge in [0.2, 0.25) is 0 Å². The van der Waals surface area contributed by atoms with Gasteiger partial charge in [0.15, 0.2) is 0 Å². The van der Waals surface area contributed by atoms with Gasteiger partial charge in [-0.2, -0.15) is 5.26 Å². The van der Waals surface area contributed by atoms with Gasteiger partial charge in [-0.05, 0) is 36.6 Å². The maximum absolute atomic E-state index is 11.4. The quantitative estimate of drug-likeness (QED) is 0.797. The minimum Gasteiger partial charge on any atom is -0.466 e. The molecule has 0 atom stereocenters. The highest BCUT2D eigenvalue weighted by atomic mass is 16.5. The predicted octanol–water partition coefficient (Wildman–Crippen LogP) is 1.43. The Kier molecular flexibility index (Phi) is 4.68. The number of carbonyl (C=O) groups excluding carboxylic acids is 1. The van der Waals surface area contributed by atoms with Crippen molar-refractivity contribution in [1.29, 1.82) is 5.26 Å². The second-order valence-corrected chi connectivity index (χ2v) is 3.73. The Balaban J connectivity index is 3.03. The molecule has 0 fully saturated rings. The van der Waals surface area contributed by atoms with Crippen molar-refractivity contribution in [2.45, 2.75) is 26.8 Å². The van der Waals surface area contributed by atoms with Crippen molar-refractivity contribution in [3.8, 4) is 6.07 Å². The Morgan fingerprint density at radius 2 is 2.18 bits per heavy atom. The summed E-state index contributed by atoms with van der Waals surface area (Å²) in [6.07, 6.45) is 0.201. The van der Waals surface area contributed by atoms with Crippen molar-refractivity contribution in [2.24, 2.45) is 5.73 Å². The summed E-state index contributed by atoms with van der Waals surface area (Å²) >= 11 is 0. The first-order valence-corrected chi connectivity index (χ1v) is 5.50. The van der Waals surface area contributed by atoms with Crippen LogP contribution in [-0.2, 0) is 22.5 Å². The number of nitrogens with zero attached hydrogens (tertiary/aromatic N) is 1. The molecule has 90 valence electrons. The van der Waals surface area contributed by atoms with E-state index in [1.165, 1.54) is 0 Å². The standard InChI is InChI=1S/C13H16N2O2/c1-3-17-13(16)6-10-4-9(2)11(7-14)5-12(10)8-15/h4-5H,3,6,8,15H2,1-2H3. The van der Waals surface area contributed by atoms with Crippen LogP contribution in [0.5, 0.6) is 0 Å². The molecule has 0 saturated carbocycles. The minimum absolute atomic E-state index is 0.201. The van der Waals surface area contributed by atoms with Gasteiger partial charge >= 0.3 is 5.97 Å². The molecular formula is C13H16N2O2. The zero-order chi connectivity index (χ0) is 12.8. The van der Waals surface area contributed by atoms with E-state index >= 15 is 0 Å². The second kappa shape index (κ2) is 6.02. The molecule has 1 aromatic carbocycles. The molecule has 17 heavy (non-hydrogen) atoms. The SMILES string of the molecule is CCOC(=O)Cc1cc(C)c(C#N)cc1CN. The average molecular weight is 232 g/mol. The summed E-state index contributed by atoms with van der Waals surface area (Å²) in [6.45, 7) is 4.29. The number of hydrogen-bond donors (Lipinski definition) is 1. The first-order chi connectivity index (χ1) is 8.12. The summed E-state index contributed by atoms with van der Waals surface area (Å²) in [4.78, 5) is 11.4. The zero-order valence-electron chi connectivity index (χ0n) is 10.1. The average Bonchev–Trinajstić information content (AvgIpc) is 2.29. The zero-order valence-corrected chi connectivity index (χ0v) is 10.1. The van der Waals surface area contributed by atoms with Crippen LogP contribution in [-0.4, -0.2) is 12.6 Å². The molecule has 4 heteroatoms. The van der Waals surface area contributed by atoms with E-state index < -0.39 is 0 Å². The molecule has 0 aliphatic heterocycles. The number of aryl methyl sites for hydroxylation is 1. The Bertz CT molecular complexity index is 461. The van der Waals surface area contributed by atoms with E-state index in [0.717, 1.165) is 16.7 Å². The van der Waals surface area contributed by atoms with Crippen LogP contribution in [0.2, 0.25) is 0 Å². The molecule has 0 saturated heterocycles. The van der Waals surface area contributed by atoms with Crippen LogP contribution >= 0.6 is 0 Å². The third kappa shape index (κ3) is 3.30. The smallest absolute Gasteiger partial charge is 0.310 e. The fraction of sp³-hybridized carbons (Fsp3) is 0.385. The van der Waals surface area contributed by atoms with Gasteiger partial charge in [0.05, 0.1) is 24.7 Å². The van der Waals surface area contributed by atoms with Crippen LogP contribution in [0.15, 0.2) is 12.1 Å². The molecule has 0 spiro atoms. The summed E-state index contributed by atoms with van der Waals surface area (Å²) in [6, 6.07) is 5.67. The van der Waals surface area contributed by atoms with E-state index in [1.807, 2.05) is 13.0 Å². The van der Waals surface area contributed by atoms with Crippen molar-refractivity contribution >= 4 is 5.97 Å². The van der Waals surface area contributed by atoms with Gasteiger partial charge < -0.3 is 10.5 Å². The number of carbonyl (C=O) groups is 1. The third-order valence-corrected chi connectivity index (χ3v) is 2.53. The summed E-state index contributed by atoms with van der Waals surface area (Å²) in [5, 5.41) is 8.91. The molecule has 0 amide bonds. The molecule has 1 aromatic rings. The van der Waals surface area contributed by atoms with Gasteiger partial charge in [-0.25, -0.2) is 0 Å². The van der Waals surface area contributed by atoms with Gasteiger partial charge in [-0.15, -0.1) is 0 Å². The number of benzene rings is 1.